The normalized spacial score (nSPS) is 17.5. The molecule has 132 valence electrons. The standard InChI is InChI=1S/C18H21ClN4O2/c1-11(21-18(25)12-6-3-4-7-14(12)19)17(24)22-15-8-5-9-16-13(15)10-20-23(16)2/h3-4,6-7,10-11,15H,5,8-9H2,1-2H3,(H,21,25)(H,22,24)/t11-,15+/m1/s1. The first-order chi connectivity index (χ1) is 12.0. The Morgan fingerprint density at radius 1 is 1.36 bits per heavy atom. The van der Waals surface area contributed by atoms with Crippen LogP contribution in [0.4, 0.5) is 0 Å². The lowest BCUT2D eigenvalue weighted by atomic mass is 9.93. The van der Waals surface area contributed by atoms with Crippen molar-refractivity contribution in [3.05, 3.63) is 52.3 Å². The summed E-state index contributed by atoms with van der Waals surface area (Å²) in [5.41, 5.74) is 2.58. The van der Waals surface area contributed by atoms with E-state index in [0.717, 1.165) is 30.5 Å². The van der Waals surface area contributed by atoms with Crippen LogP contribution in [0.5, 0.6) is 0 Å². The number of fused-ring (bicyclic) bond motifs is 1. The van der Waals surface area contributed by atoms with Crippen LogP contribution in [0.25, 0.3) is 0 Å². The summed E-state index contributed by atoms with van der Waals surface area (Å²) in [6.07, 6.45) is 4.65. The number of rotatable bonds is 4. The lowest BCUT2D eigenvalue weighted by Crippen LogP contribution is -2.46. The van der Waals surface area contributed by atoms with Crippen molar-refractivity contribution in [2.45, 2.75) is 38.3 Å². The van der Waals surface area contributed by atoms with E-state index in [0.29, 0.717) is 10.6 Å². The van der Waals surface area contributed by atoms with Crippen molar-refractivity contribution in [2.75, 3.05) is 0 Å². The van der Waals surface area contributed by atoms with E-state index in [1.165, 1.54) is 0 Å². The number of carbonyl (C=O) groups is 2. The Morgan fingerprint density at radius 2 is 2.12 bits per heavy atom. The molecular weight excluding hydrogens is 340 g/mol. The number of hydrogen-bond donors (Lipinski definition) is 2. The van der Waals surface area contributed by atoms with Crippen molar-refractivity contribution in [3.63, 3.8) is 0 Å². The van der Waals surface area contributed by atoms with Crippen molar-refractivity contribution >= 4 is 23.4 Å². The van der Waals surface area contributed by atoms with Crippen LogP contribution >= 0.6 is 11.6 Å². The Bertz CT molecular complexity index is 802. The predicted octanol–water partition coefficient (Wildman–Crippen LogP) is 2.39. The quantitative estimate of drug-likeness (QED) is 0.879. The summed E-state index contributed by atoms with van der Waals surface area (Å²) < 4.78 is 1.86. The Morgan fingerprint density at radius 3 is 2.88 bits per heavy atom. The molecule has 1 heterocycles. The molecule has 1 aliphatic rings. The zero-order valence-corrected chi connectivity index (χ0v) is 15.0. The van der Waals surface area contributed by atoms with Crippen LogP contribution in [-0.4, -0.2) is 27.6 Å². The van der Waals surface area contributed by atoms with Crippen molar-refractivity contribution in [2.24, 2.45) is 7.05 Å². The number of carbonyl (C=O) groups excluding carboxylic acids is 2. The maximum absolute atomic E-state index is 12.5. The molecule has 0 unspecified atom stereocenters. The van der Waals surface area contributed by atoms with E-state index in [-0.39, 0.29) is 17.9 Å². The van der Waals surface area contributed by atoms with Crippen LogP contribution in [0.15, 0.2) is 30.5 Å². The summed E-state index contributed by atoms with van der Waals surface area (Å²) in [5, 5.41) is 10.4. The molecule has 0 saturated heterocycles. The van der Waals surface area contributed by atoms with Gasteiger partial charge in [0.15, 0.2) is 0 Å². The van der Waals surface area contributed by atoms with Gasteiger partial charge in [-0.05, 0) is 38.3 Å². The maximum Gasteiger partial charge on any atom is 0.253 e. The fourth-order valence-electron chi connectivity index (χ4n) is 3.14. The summed E-state index contributed by atoms with van der Waals surface area (Å²) in [7, 11) is 1.91. The predicted molar refractivity (Wildman–Crippen MR) is 95.4 cm³/mol. The number of benzene rings is 1. The molecule has 2 aromatic rings. The van der Waals surface area contributed by atoms with E-state index in [9.17, 15) is 9.59 Å². The second-order valence-corrected chi connectivity index (χ2v) is 6.71. The van der Waals surface area contributed by atoms with Crippen LogP contribution in [0, 0.1) is 0 Å². The summed E-state index contributed by atoms with van der Waals surface area (Å²) in [4.78, 5) is 24.8. The van der Waals surface area contributed by atoms with E-state index in [4.69, 9.17) is 11.6 Å². The first-order valence-corrected chi connectivity index (χ1v) is 8.71. The zero-order chi connectivity index (χ0) is 18.0. The fraction of sp³-hybridized carbons (Fsp3) is 0.389. The van der Waals surface area contributed by atoms with Gasteiger partial charge < -0.3 is 10.6 Å². The number of nitrogens with zero attached hydrogens (tertiary/aromatic N) is 2. The van der Waals surface area contributed by atoms with Gasteiger partial charge in [0.1, 0.15) is 6.04 Å². The molecule has 1 aliphatic carbocycles. The van der Waals surface area contributed by atoms with Gasteiger partial charge in [0.05, 0.1) is 22.8 Å². The maximum atomic E-state index is 12.5. The van der Waals surface area contributed by atoms with Crippen LogP contribution in [0.2, 0.25) is 5.02 Å². The van der Waals surface area contributed by atoms with Crippen LogP contribution < -0.4 is 10.6 Å². The zero-order valence-electron chi connectivity index (χ0n) is 14.3. The van der Waals surface area contributed by atoms with E-state index >= 15 is 0 Å². The van der Waals surface area contributed by atoms with E-state index < -0.39 is 6.04 Å². The molecule has 2 N–H and O–H groups in total. The molecule has 0 saturated carbocycles. The highest BCUT2D eigenvalue weighted by atomic mass is 35.5. The highest BCUT2D eigenvalue weighted by molar-refractivity contribution is 6.33. The lowest BCUT2D eigenvalue weighted by Gasteiger charge is -2.25. The highest BCUT2D eigenvalue weighted by Crippen LogP contribution is 2.29. The van der Waals surface area contributed by atoms with Gasteiger partial charge in [-0.1, -0.05) is 23.7 Å². The Balaban J connectivity index is 1.64. The van der Waals surface area contributed by atoms with Crippen LogP contribution in [-0.2, 0) is 18.3 Å². The van der Waals surface area contributed by atoms with Gasteiger partial charge >= 0.3 is 0 Å². The SMILES string of the molecule is C[C@@H](NC(=O)c1ccccc1Cl)C(=O)N[C@H]1CCCc2c1cnn2C. The van der Waals surface area contributed by atoms with Crippen LogP contribution in [0.3, 0.4) is 0 Å². The number of hydrogen-bond acceptors (Lipinski definition) is 3. The van der Waals surface area contributed by atoms with Gasteiger partial charge in [-0.15, -0.1) is 0 Å². The molecule has 6 nitrogen and oxygen atoms in total. The summed E-state index contributed by atoms with van der Waals surface area (Å²) in [6, 6.07) is 6.04. The lowest BCUT2D eigenvalue weighted by molar-refractivity contribution is -0.123. The monoisotopic (exact) mass is 360 g/mol. The molecule has 2 amide bonds. The van der Waals surface area contributed by atoms with Gasteiger partial charge in [0, 0.05) is 18.3 Å². The second-order valence-electron chi connectivity index (χ2n) is 6.30. The fourth-order valence-corrected chi connectivity index (χ4v) is 3.36. The Kier molecular flexibility index (Phi) is 5.08. The molecule has 0 spiro atoms. The number of amides is 2. The molecule has 25 heavy (non-hydrogen) atoms. The molecule has 0 radical (unpaired) electrons. The van der Waals surface area contributed by atoms with Crippen molar-refractivity contribution in [3.8, 4) is 0 Å². The third-order valence-electron chi connectivity index (χ3n) is 4.55. The summed E-state index contributed by atoms with van der Waals surface area (Å²) in [6.45, 7) is 1.66. The topological polar surface area (TPSA) is 76.0 Å². The average molecular weight is 361 g/mol. The molecule has 0 aliphatic heterocycles. The molecule has 0 fully saturated rings. The van der Waals surface area contributed by atoms with E-state index in [1.807, 2.05) is 17.9 Å². The van der Waals surface area contributed by atoms with Gasteiger partial charge in [-0.2, -0.15) is 5.10 Å². The smallest absolute Gasteiger partial charge is 0.253 e. The molecular formula is C18H21ClN4O2. The summed E-state index contributed by atoms with van der Waals surface area (Å²) >= 11 is 6.03. The van der Waals surface area contributed by atoms with Crippen molar-refractivity contribution in [1.82, 2.24) is 20.4 Å². The molecule has 7 heteroatoms. The number of aromatic nitrogens is 2. The van der Waals surface area contributed by atoms with E-state index in [1.54, 1.807) is 31.2 Å². The van der Waals surface area contributed by atoms with Gasteiger partial charge in [-0.3, -0.25) is 14.3 Å². The average Bonchev–Trinajstić information content (AvgIpc) is 2.97. The Labute approximate surface area is 151 Å². The molecule has 2 atom stereocenters. The third kappa shape index (κ3) is 3.69. The minimum atomic E-state index is -0.661. The molecule has 0 bridgehead atoms. The minimum absolute atomic E-state index is 0.0652. The minimum Gasteiger partial charge on any atom is -0.347 e. The second kappa shape index (κ2) is 7.27. The molecule has 1 aromatic heterocycles. The molecule has 1 aromatic carbocycles. The summed E-state index contributed by atoms with van der Waals surface area (Å²) in [5.74, 6) is -0.582. The van der Waals surface area contributed by atoms with Crippen LogP contribution in [0.1, 0.15) is 47.4 Å². The van der Waals surface area contributed by atoms with Gasteiger partial charge in [-0.25, -0.2) is 0 Å². The third-order valence-corrected chi connectivity index (χ3v) is 4.88. The first-order valence-electron chi connectivity index (χ1n) is 8.34. The number of nitrogens with one attached hydrogen (secondary N) is 2. The van der Waals surface area contributed by atoms with Crippen molar-refractivity contribution < 1.29 is 9.59 Å². The Hall–Kier alpha value is -2.34. The van der Waals surface area contributed by atoms with E-state index in [2.05, 4.69) is 15.7 Å². The molecule has 3 rings (SSSR count). The van der Waals surface area contributed by atoms with Gasteiger partial charge in [0.2, 0.25) is 5.91 Å². The van der Waals surface area contributed by atoms with Crippen molar-refractivity contribution in [1.29, 1.82) is 0 Å². The largest absolute Gasteiger partial charge is 0.347 e. The highest BCUT2D eigenvalue weighted by Gasteiger charge is 2.27. The number of aryl methyl sites for hydroxylation is 1. The number of halogens is 1. The van der Waals surface area contributed by atoms with Gasteiger partial charge in [0.25, 0.3) is 5.91 Å². The first kappa shape index (κ1) is 17.5.